The fourth-order valence-corrected chi connectivity index (χ4v) is 6.64. The molecule has 1 fully saturated rings. The van der Waals surface area contributed by atoms with Crippen LogP contribution < -0.4 is 0 Å². The summed E-state index contributed by atoms with van der Waals surface area (Å²) in [5, 5.41) is 0. The van der Waals surface area contributed by atoms with Crippen LogP contribution in [0.15, 0.2) is 24.3 Å². The molecule has 2 nitrogen and oxygen atoms in total. The van der Waals surface area contributed by atoms with Gasteiger partial charge in [0.25, 0.3) is 0 Å². The molecule has 0 aromatic heterocycles. The second kappa shape index (κ2) is 7.56. The van der Waals surface area contributed by atoms with Gasteiger partial charge in [-0.15, -0.1) is 0 Å². The number of rotatable bonds is 6. The largest absolute Gasteiger partial charge is 0.306 e. The van der Waals surface area contributed by atoms with Gasteiger partial charge in [0, 0.05) is 24.0 Å². The number of fused-ring (bicyclic) bond motifs is 1. The molecular weight excluding hydrogens is 304 g/mol. The minimum Gasteiger partial charge on any atom is -0.306 e. The van der Waals surface area contributed by atoms with Crippen molar-refractivity contribution in [3.8, 4) is 0 Å². The number of hydrogen-bond acceptors (Lipinski definition) is 2. The Bertz CT molecular complexity index is 508. The van der Waals surface area contributed by atoms with Crippen LogP contribution >= 0.6 is 0 Å². The van der Waals surface area contributed by atoms with E-state index in [2.05, 4.69) is 75.9 Å². The first-order valence-corrected chi connectivity index (χ1v) is 10.7. The third-order valence-corrected chi connectivity index (χ3v) is 7.65. The number of nitrogens with zero attached hydrogens (tertiary/aromatic N) is 2. The van der Waals surface area contributed by atoms with Crippen molar-refractivity contribution in [3.63, 3.8) is 0 Å². The first kappa shape index (κ1) is 19.2. The summed E-state index contributed by atoms with van der Waals surface area (Å²) in [6, 6.07) is 1.37. The molecule has 0 radical (unpaired) electrons. The maximum Gasteiger partial charge on any atom is 0.0239 e. The van der Waals surface area contributed by atoms with E-state index in [0.29, 0.717) is 23.4 Å². The van der Waals surface area contributed by atoms with Gasteiger partial charge in [-0.2, -0.15) is 0 Å². The van der Waals surface area contributed by atoms with Crippen molar-refractivity contribution >= 4 is 0 Å². The van der Waals surface area contributed by atoms with Gasteiger partial charge in [0.05, 0.1) is 0 Å². The highest BCUT2D eigenvalue weighted by molar-refractivity contribution is 5.21. The van der Waals surface area contributed by atoms with E-state index in [9.17, 15) is 0 Å². The van der Waals surface area contributed by atoms with Crippen molar-refractivity contribution < 1.29 is 0 Å². The SMILES string of the molecule is CCC(C)C(N(C)C)C1(C2C=CC(C)C2)CCN2CC=CC(CC)C21. The normalized spacial score (nSPS) is 40.6. The third-order valence-electron chi connectivity index (χ3n) is 7.65. The molecule has 0 saturated carbocycles. The van der Waals surface area contributed by atoms with E-state index >= 15 is 0 Å². The highest BCUT2D eigenvalue weighted by atomic mass is 15.2. The Hall–Kier alpha value is -0.600. The van der Waals surface area contributed by atoms with Gasteiger partial charge >= 0.3 is 0 Å². The zero-order chi connectivity index (χ0) is 18.2. The molecule has 3 aliphatic rings. The van der Waals surface area contributed by atoms with Crippen molar-refractivity contribution in [2.75, 3.05) is 27.2 Å². The first-order chi connectivity index (χ1) is 12.0. The molecule has 7 atom stereocenters. The van der Waals surface area contributed by atoms with E-state index in [-0.39, 0.29) is 0 Å². The Morgan fingerprint density at radius 3 is 2.52 bits per heavy atom. The monoisotopic (exact) mass is 344 g/mol. The summed E-state index contributed by atoms with van der Waals surface area (Å²) in [6.07, 6.45) is 15.3. The quantitative estimate of drug-likeness (QED) is 0.637. The second-order valence-corrected chi connectivity index (χ2v) is 9.30. The van der Waals surface area contributed by atoms with Gasteiger partial charge < -0.3 is 4.90 Å². The standard InChI is InChI=1S/C23H40N2/c1-7-18(4)21(24(5)6)23(20-12-11-17(3)16-20)13-15-25-14-9-10-19(8-2)22(23)25/h9-12,17-22H,7-8,13-16H2,1-6H3. The Morgan fingerprint density at radius 1 is 1.20 bits per heavy atom. The minimum atomic E-state index is 0.394. The molecule has 2 aliphatic heterocycles. The Morgan fingerprint density at radius 2 is 1.96 bits per heavy atom. The minimum absolute atomic E-state index is 0.394. The summed E-state index contributed by atoms with van der Waals surface area (Å²) in [5.74, 6) is 2.93. The first-order valence-electron chi connectivity index (χ1n) is 10.7. The van der Waals surface area contributed by atoms with Gasteiger partial charge in [-0.25, -0.2) is 0 Å². The van der Waals surface area contributed by atoms with Gasteiger partial charge in [-0.05, 0) is 63.6 Å². The molecule has 0 bridgehead atoms. The Kier molecular flexibility index (Phi) is 5.80. The zero-order valence-corrected chi connectivity index (χ0v) is 17.4. The van der Waals surface area contributed by atoms with Gasteiger partial charge in [-0.1, -0.05) is 58.4 Å². The molecule has 25 heavy (non-hydrogen) atoms. The zero-order valence-electron chi connectivity index (χ0n) is 17.4. The lowest BCUT2D eigenvalue weighted by Crippen LogP contribution is -2.60. The van der Waals surface area contributed by atoms with Crippen LogP contribution in [0.3, 0.4) is 0 Å². The lowest BCUT2D eigenvalue weighted by atomic mass is 9.58. The second-order valence-electron chi connectivity index (χ2n) is 9.30. The fraction of sp³-hybridized carbons (Fsp3) is 0.826. The van der Waals surface area contributed by atoms with Gasteiger partial charge in [0.1, 0.15) is 0 Å². The molecule has 0 amide bonds. The van der Waals surface area contributed by atoms with Crippen molar-refractivity contribution in [1.29, 1.82) is 0 Å². The molecule has 2 heterocycles. The van der Waals surface area contributed by atoms with Crippen LogP contribution in [-0.4, -0.2) is 49.1 Å². The van der Waals surface area contributed by atoms with E-state index < -0.39 is 0 Å². The maximum absolute atomic E-state index is 2.82. The van der Waals surface area contributed by atoms with Gasteiger partial charge in [0.2, 0.25) is 0 Å². The summed E-state index contributed by atoms with van der Waals surface area (Å²) in [7, 11) is 4.67. The molecular formula is C23H40N2. The van der Waals surface area contributed by atoms with Crippen LogP contribution in [0.25, 0.3) is 0 Å². The number of hydrogen-bond donors (Lipinski definition) is 0. The highest BCUT2D eigenvalue weighted by Crippen LogP contribution is 2.56. The molecule has 1 aliphatic carbocycles. The number of allylic oxidation sites excluding steroid dienone is 2. The van der Waals surface area contributed by atoms with Crippen LogP contribution in [0.4, 0.5) is 0 Å². The van der Waals surface area contributed by atoms with Crippen molar-refractivity contribution in [2.45, 2.75) is 65.5 Å². The van der Waals surface area contributed by atoms with Crippen LogP contribution in [-0.2, 0) is 0 Å². The Balaban J connectivity index is 2.09. The van der Waals surface area contributed by atoms with E-state index in [1.54, 1.807) is 0 Å². The average Bonchev–Trinajstić information content (AvgIpc) is 3.19. The lowest BCUT2D eigenvalue weighted by Gasteiger charge is -2.54. The predicted molar refractivity (Wildman–Crippen MR) is 109 cm³/mol. The molecule has 7 unspecified atom stereocenters. The van der Waals surface area contributed by atoms with E-state index in [4.69, 9.17) is 0 Å². The van der Waals surface area contributed by atoms with Crippen molar-refractivity contribution in [1.82, 2.24) is 9.80 Å². The highest BCUT2D eigenvalue weighted by Gasteiger charge is 2.59. The molecule has 1 saturated heterocycles. The summed E-state index contributed by atoms with van der Waals surface area (Å²) in [4.78, 5) is 5.41. The van der Waals surface area contributed by atoms with Gasteiger partial charge in [0.15, 0.2) is 0 Å². The average molecular weight is 345 g/mol. The van der Waals surface area contributed by atoms with Crippen LogP contribution in [0.5, 0.6) is 0 Å². The topological polar surface area (TPSA) is 6.48 Å². The van der Waals surface area contributed by atoms with Crippen LogP contribution in [0, 0.1) is 29.1 Å². The molecule has 3 rings (SSSR count). The van der Waals surface area contributed by atoms with E-state index in [1.165, 1.54) is 32.2 Å². The fourth-order valence-electron chi connectivity index (χ4n) is 6.64. The van der Waals surface area contributed by atoms with Crippen LogP contribution in [0.1, 0.15) is 53.4 Å². The Labute approximate surface area is 156 Å². The molecule has 0 aromatic carbocycles. The molecule has 0 spiro atoms. The summed E-state index contributed by atoms with van der Waals surface area (Å²) >= 11 is 0. The molecule has 142 valence electrons. The molecule has 0 aromatic rings. The maximum atomic E-state index is 2.82. The van der Waals surface area contributed by atoms with Crippen molar-refractivity contribution in [2.24, 2.45) is 29.1 Å². The summed E-state index contributed by atoms with van der Waals surface area (Å²) in [5.41, 5.74) is 0.394. The smallest absolute Gasteiger partial charge is 0.0239 e. The van der Waals surface area contributed by atoms with Gasteiger partial charge in [-0.3, -0.25) is 4.90 Å². The van der Waals surface area contributed by atoms with Crippen molar-refractivity contribution in [3.05, 3.63) is 24.3 Å². The summed E-state index contributed by atoms with van der Waals surface area (Å²) < 4.78 is 0. The lowest BCUT2D eigenvalue weighted by molar-refractivity contribution is -0.0274. The van der Waals surface area contributed by atoms with E-state index in [0.717, 1.165) is 24.3 Å². The molecule has 0 N–H and O–H groups in total. The molecule has 2 heteroatoms. The summed E-state index contributed by atoms with van der Waals surface area (Å²) in [6.45, 7) is 12.1. The van der Waals surface area contributed by atoms with E-state index in [1.807, 2.05) is 0 Å². The predicted octanol–water partition coefficient (Wildman–Crippen LogP) is 4.83. The van der Waals surface area contributed by atoms with Crippen LogP contribution in [0.2, 0.25) is 0 Å². The third kappa shape index (κ3) is 3.14.